The molecule has 0 heterocycles. The lowest BCUT2D eigenvalue weighted by Gasteiger charge is -2.11. The summed E-state index contributed by atoms with van der Waals surface area (Å²) in [5.41, 5.74) is 1.27. The van der Waals surface area contributed by atoms with Gasteiger partial charge in [0.1, 0.15) is 0 Å². The van der Waals surface area contributed by atoms with Crippen LogP contribution in [0.2, 0.25) is 0 Å². The molecule has 0 saturated carbocycles. The van der Waals surface area contributed by atoms with Crippen molar-refractivity contribution >= 4 is 22.8 Å². The van der Waals surface area contributed by atoms with Crippen LogP contribution in [0.3, 0.4) is 0 Å². The van der Waals surface area contributed by atoms with Crippen LogP contribution >= 0.6 is 12.0 Å². The fourth-order valence-corrected chi connectivity index (χ4v) is 2.37. The van der Waals surface area contributed by atoms with E-state index in [0.717, 1.165) is 0 Å². The molecule has 0 unspecified atom stereocenters. The molecule has 0 saturated heterocycles. The van der Waals surface area contributed by atoms with E-state index in [9.17, 15) is 0 Å². The summed E-state index contributed by atoms with van der Waals surface area (Å²) in [4.78, 5) is 1.23. The minimum atomic E-state index is 0.239. The minimum Gasteiger partial charge on any atom is -0.308 e. The summed E-state index contributed by atoms with van der Waals surface area (Å²) in [5, 5.41) is 2.54. The van der Waals surface area contributed by atoms with Crippen LogP contribution in [0.15, 0.2) is 41.3 Å². The van der Waals surface area contributed by atoms with Crippen LogP contribution in [0.25, 0.3) is 10.8 Å². The Morgan fingerprint density at radius 1 is 1.06 bits per heavy atom. The number of hydrogen-bond acceptors (Lipinski definition) is 2. The van der Waals surface area contributed by atoms with Gasteiger partial charge in [-0.1, -0.05) is 36.4 Å². The fraction of sp³-hybridized carbons (Fsp3) is 0.286. The number of aryl methyl sites for hydroxylation is 1. The molecule has 0 amide bonds. The highest BCUT2D eigenvalue weighted by Gasteiger charge is 2.06. The van der Waals surface area contributed by atoms with E-state index in [1.807, 2.05) is 13.8 Å². The quantitative estimate of drug-likeness (QED) is 0.716. The molecule has 0 radical (unpaired) electrons. The summed E-state index contributed by atoms with van der Waals surface area (Å²) in [6.07, 6.45) is 0.239. The molecule has 2 aromatic carbocycles. The number of fused-ring (bicyclic) bond motifs is 1. The Bertz CT molecular complexity index is 491. The van der Waals surface area contributed by atoms with Crippen molar-refractivity contribution in [3.63, 3.8) is 0 Å². The van der Waals surface area contributed by atoms with Crippen molar-refractivity contribution in [1.82, 2.24) is 0 Å². The first kappa shape index (κ1) is 11.5. The van der Waals surface area contributed by atoms with E-state index < -0.39 is 0 Å². The molecule has 0 fully saturated rings. The lowest BCUT2D eigenvalue weighted by molar-refractivity contribution is 0.289. The minimum absolute atomic E-state index is 0.239. The predicted molar refractivity (Wildman–Crippen MR) is 70.8 cm³/mol. The zero-order valence-corrected chi connectivity index (χ0v) is 10.7. The van der Waals surface area contributed by atoms with Crippen molar-refractivity contribution in [3.8, 4) is 0 Å². The first-order valence-electron chi connectivity index (χ1n) is 5.50. The second kappa shape index (κ2) is 4.89. The third-order valence-electron chi connectivity index (χ3n) is 2.40. The van der Waals surface area contributed by atoms with E-state index in [0.29, 0.717) is 0 Å². The standard InChI is InChI=1S/C14H16OS/c1-10(2)15-16-14-11(3)8-9-12-6-4-5-7-13(12)14/h4-10H,1-3H3. The Labute approximate surface area is 101 Å². The Hall–Kier alpha value is -0.990. The SMILES string of the molecule is Cc1ccc2ccccc2c1SOC(C)C. The zero-order valence-electron chi connectivity index (χ0n) is 9.86. The van der Waals surface area contributed by atoms with Gasteiger partial charge >= 0.3 is 0 Å². The van der Waals surface area contributed by atoms with Crippen LogP contribution in [0.4, 0.5) is 0 Å². The maximum absolute atomic E-state index is 5.63. The Kier molecular flexibility index (Phi) is 3.52. The molecule has 0 bridgehead atoms. The zero-order chi connectivity index (χ0) is 11.5. The molecule has 1 nitrogen and oxygen atoms in total. The van der Waals surface area contributed by atoms with Crippen LogP contribution in [0.5, 0.6) is 0 Å². The van der Waals surface area contributed by atoms with Gasteiger partial charge in [0.15, 0.2) is 0 Å². The molecule has 84 valence electrons. The molecule has 2 rings (SSSR count). The van der Waals surface area contributed by atoms with Crippen molar-refractivity contribution in [2.45, 2.75) is 31.8 Å². The summed E-state index contributed by atoms with van der Waals surface area (Å²) < 4.78 is 5.63. The van der Waals surface area contributed by atoms with Crippen LogP contribution < -0.4 is 0 Å². The highest BCUT2D eigenvalue weighted by atomic mass is 32.2. The highest BCUT2D eigenvalue weighted by molar-refractivity contribution is 7.95. The molecule has 0 aliphatic carbocycles. The molecule has 0 atom stereocenters. The van der Waals surface area contributed by atoms with Crippen LogP contribution in [0.1, 0.15) is 19.4 Å². The van der Waals surface area contributed by atoms with E-state index in [-0.39, 0.29) is 6.10 Å². The van der Waals surface area contributed by atoms with Crippen molar-refractivity contribution in [2.24, 2.45) is 0 Å². The number of hydrogen-bond donors (Lipinski definition) is 0. The molecule has 0 aliphatic rings. The van der Waals surface area contributed by atoms with Gasteiger partial charge in [-0.05, 0) is 37.1 Å². The molecule has 0 spiro atoms. The summed E-state index contributed by atoms with van der Waals surface area (Å²) >= 11 is 1.48. The fourth-order valence-electron chi connectivity index (χ4n) is 1.61. The van der Waals surface area contributed by atoms with E-state index in [4.69, 9.17) is 4.18 Å². The summed E-state index contributed by atoms with van der Waals surface area (Å²) in [7, 11) is 0. The smallest absolute Gasteiger partial charge is 0.0670 e. The number of benzene rings is 2. The lowest BCUT2D eigenvalue weighted by atomic mass is 10.1. The monoisotopic (exact) mass is 232 g/mol. The van der Waals surface area contributed by atoms with E-state index in [2.05, 4.69) is 43.3 Å². The van der Waals surface area contributed by atoms with Gasteiger partial charge in [-0.25, -0.2) is 0 Å². The van der Waals surface area contributed by atoms with Gasteiger partial charge in [-0.15, -0.1) is 0 Å². The van der Waals surface area contributed by atoms with Crippen molar-refractivity contribution < 1.29 is 4.18 Å². The van der Waals surface area contributed by atoms with Gasteiger partial charge in [-0.2, -0.15) is 0 Å². The Balaban J connectivity index is 2.44. The third-order valence-corrected chi connectivity index (χ3v) is 3.59. The first-order valence-corrected chi connectivity index (χ1v) is 6.24. The third kappa shape index (κ3) is 2.39. The summed E-state index contributed by atoms with van der Waals surface area (Å²) in [5.74, 6) is 0. The molecular formula is C14H16OS. The predicted octanol–water partition coefficient (Wildman–Crippen LogP) is 4.58. The largest absolute Gasteiger partial charge is 0.308 e. The van der Waals surface area contributed by atoms with Crippen LogP contribution in [0, 0.1) is 6.92 Å². The average molecular weight is 232 g/mol. The topological polar surface area (TPSA) is 9.23 Å². The van der Waals surface area contributed by atoms with Crippen molar-refractivity contribution in [2.75, 3.05) is 0 Å². The van der Waals surface area contributed by atoms with Crippen LogP contribution in [-0.4, -0.2) is 6.10 Å². The average Bonchev–Trinajstić information content (AvgIpc) is 2.27. The second-order valence-electron chi connectivity index (χ2n) is 4.16. The van der Waals surface area contributed by atoms with Gasteiger partial charge in [0, 0.05) is 16.9 Å². The van der Waals surface area contributed by atoms with Gasteiger partial charge in [0.25, 0.3) is 0 Å². The van der Waals surface area contributed by atoms with Gasteiger partial charge < -0.3 is 4.18 Å². The second-order valence-corrected chi connectivity index (χ2v) is 4.93. The normalized spacial score (nSPS) is 11.2. The van der Waals surface area contributed by atoms with Crippen LogP contribution in [-0.2, 0) is 4.18 Å². The first-order chi connectivity index (χ1) is 7.68. The lowest BCUT2D eigenvalue weighted by Crippen LogP contribution is -1.95. The van der Waals surface area contributed by atoms with Crippen molar-refractivity contribution in [3.05, 3.63) is 42.0 Å². The Morgan fingerprint density at radius 3 is 2.56 bits per heavy atom. The van der Waals surface area contributed by atoms with Gasteiger partial charge in [-0.3, -0.25) is 0 Å². The molecule has 0 aromatic heterocycles. The van der Waals surface area contributed by atoms with Gasteiger partial charge in [0.05, 0.1) is 6.10 Å². The number of rotatable bonds is 3. The highest BCUT2D eigenvalue weighted by Crippen LogP contribution is 2.32. The van der Waals surface area contributed by atoms with Gasteiger partial charge in [0.2, 0.25) is 0 Å². The Morgan fingerprint density at radius 2 is 1.81 bits per heavy atom. The van der Waals surface area contributed by atoms with E-state index >= 15 is 0 Å². The molecular weight excluding hydrogens is 216 g/mol. The molecule has 2 heteroatoms. The summed E-state index contributed by atoms with van der Waals surface area (Å²) in [6.45, 7) is 6.22. The molecule has 0 N–H and O–H groups in total. The summed E-state index contributed by atoms with van der Waals surface area (Å²) in [6, 6.07) is 12.7. The van der Waals surface area contributed by atoms with Crippen molar-refractivity contribution in [1.29, 1.82) is 0 Å². The van der Waals surface area contributed by atoms with E-state index in [1.54, 1.807) is 0 Å². The molecule has 2 aromatic rings. The molecule has 0 aliphatic heterocycles. The maximum Gasteiger partial charge on any atom is 0.0670 e. The van der Waals surface area contributed by atoms with E-state index in [1.165, 1.54) is 33.3 Å². The molecule has 16 heavy (non-hydrogen) atoms. The maximum atomic E-state index is 5.63.